The lowest BCUT2D eigenvalue weighted by Crippen LogP contribution is -2.45. The van der Waals surface area contributed by atoms with Crippen molar-refractivity contribution in [2.75, 3.05) is 12.5 Å². The Kier molecular flexibility index (Phi) is 5.94. The maximum Gasteiger partial charge on any atom is 0.292 e. The molecule has 2 unspecified atom stereocenters. The van der Waals surface area contributed by atoms with Gasteiger partial charge in [0.05, 0.1) is 24.1 Å². The van der Waals surface area contributed by atoms with Crippen LogP contribution in [0.4, 0.5) is 4.79 Å². The van der Waals surface area contributed by atoms with Gasteiger partial charge in [0.2, 0.25) is 11.3 Å². The number of hydrogen-bond donors (Lipinski definition) is 0. The van der Waals surface area contributed by atoms with Crippen molar-refractivity contribution in [3.05, 3.63) is 65.7 Å². The zero-order valence-electron chi connectivity index (χ0n) is 15.8. The first-order valence-corrected chi connectivity index (χ1v) is 11.1. The minimum absolute atomic E-state index is 0.0419. The summed E-state index contributed by atoms with van der Waals surface area (Å²) in [5.74, 6) is 0.486. The van der Waals surface area contributed by atoms with Gasteiger partial charge in [0.25, 0.3) is 11.1 Å². The fourth-order valence-corrected chi connectivity index (χ4v) is 5.15. The summed E-state index contributed by atoms with van der Waals surface area (Å²) < 4.78 is 5.85. The van der Waals surface area contributed by atoms with E-state index in [2.05, 4.69) is 0 Å². The van der Waals surface area contributed by atoms with Crippen LogP contribution in [-0.4, -0.2) is 50.8 Å². The Balaban J connectivity index is 1.41. The monoisotopic (exact) mass is 428 g/mol. The number of carbonyl (C=O) groups excluding carboxylic acids is 3. The minimum Gasteiger partial charge on any atom is -0.348 e. The summed E-state index contributed by atoms with van der Waals surface area (Å²) in [6.45, 7) is 2.37. The molecule has 29 heavy (non-hydrogen) atoms. The van der Waals surface area contributed by atoms with Crippen molar-refractivity contribution in [1.29, 1.82) is 0 Å². The molecule has 0 N–H and O–H groups in total. The molecular weight excluding hydrogens is 408 g/mol. The zero-order valence-corrected chi connectivity index (χ0v) is 17.4. The molecule has 0 radical (unpaired) electrons. The molecule has 150 valence electrons. The van der Waals surface area contributed by atoms with Gasteiger partial charge >= 0.3 is 0 Å². The first-order chi connectivity index (χ1) is 14.0. The molecule has 2 aromatic carbocycles. The predicted octanol–water partition coefficient (Wildman–Crippen LogP) is 3.82. The van der Waals surface area contributed by atoms with Gasteiger partial charge in [0.15, 0.2) is 0 Å². The van der Waals surface area contributed by atoms with Crippen molar-refractivity contribution in [2.45, 2.75) is 30.6 Å². The highest BCUT2D eigenvalue weighted by atomic mass is 32.2. The van der Waals surface area contributed by atoms with Crippen LogP contribution < -0.4 is 0 Å². The van der Waals surface area contributed by atoms with Crippen LogP contribution in [0.5, 0.6) is 0 Å². The third-order valence-corrected chi connectivity index (χ3v) is 6.75. The van der Waals surface area contributed by atoms with E-state index in [4.69, 9.17) is 4.74 Å². The first kappa shape index (κ1) is 20.0. The summed E-state index contributed by atoms with van der Waals surface area (Å²) in [6.07, 6.45) is -0.935. The predicted molar refractivity (Wildman–Crippen MR) is 113 cm³/mol. The third-order valence-electron chi connectivity index (χ3n) is 4.87. The van der Waals surface area contributed by atoms with Crippen molar-refractivity contribution in [2.24, 2.45) is 0 Å². The summed E-state index contributed by atoms with van der Waals surface area (Å²) in [5, 5.41) is -0.627. The van der Waals surface area contributed by atoms with Crippen LogP contribution in [0.2, 0.25) is 0 Å². The highest BCUT2D eigenvalue weighted by Gasteiger charge is 2.41. The van der Waals surface area contributed by atoms with E-state index in [9.17, 15) is 14.4 Å². The second kappa shape index (κ2) is 8.61. The second-order valence-corrected chi connectivity index (χ2v) is 8.82. The number of benzene rings is 2. The molecule has 2 aliphatic heterocycles. The lowest BCUT2D eigenvalue weighted by molar-refractivity contribution is -0.131. The molecule has 0 spiro atoms. The van der Waals surface area contributed by atoms with Crippen molar-refractivity contribution in [3.63, 3.8) is 0 Å². The number of amides is 2. The molecule has 2 atom stereocenters. The van der Waals surface area contributed by atoms with Gasteiger partial charge in [-0.2, -0.15) is 0 Å². The molecule has 2 amide bonds. The average Bonchev–Trinajstić information content (AvgIpc) is 3.00. The van der Waals surface area contributed by atoms with Crippen molar-refractivity contribution < 1.29 is 19.1 Å². The summed E-state index contributed by atoms with van der Waals surface area (Å²) in [4.78, 5) is 41.5. The molecule has 4 rings (SSSR count). The molecule has 0 aromatic heterocycles. The summed E-state index contributed by atoms with van der Waals surface area (Å²) in [7, 11) is 0. The van der Waals surface area contributed by atoms with Gasteiger partial charge in [-0.15, -0.1) is 11.8 Å². The van der Waals surface area contributed by atoms with Gasteiger partial charge in [0, 0.05) is 23.2 Å². The number of thioether (sulfide) groups is 2. The van der Waals surface area contributed by atoms with Crippen LogP contribution >= 0.6 is 23.5 Å². The maximum absolute atomic E-state index is 12.8. The van der Waals surface area contributed by atoms with Crippen LogP contribution in [-0.2, 0) is 16.1 Å². The molecule has 1 saturated heterocycles. The molecule has 0 bridgehead atoms. The van der Waals surface area contributed by atoms with Gasteiger partial charge in [-0.3, -0.25) is 19.3 Å². The van der Waals surface area contributed by atoms with E-state index in [-0.39, 0.29) is 28.9 Å². The molecule has 2 aliphatic rings. The van der Waals surface area contributed by atoms with E-state index in [0.717, 1.165) is 10.5 Å². The molecule has 0 aliphatic carbocycles. The first-order valence-electron chi connectivity index (χ1n) is 9.25. The number of carbonyl (C=O) groups is 3. The van der Waals surface area contributed by atoms with Crippen LogP contribution in [0.3, 0.4) is 0 Å². The van der Waals surface area contributed by atoms with Crippen LogP contribution in [0.25, 0.3) is 0 Å². The highest BCUT2D eigenvalue weighted by molar-refractivity contribution is 8.26. The average molecular weight is 429 g/mol. The number of nitrogens with zero attached hydrogens (tertiary/aromatic N) is 2. The normalized spacial score (nSPS) is 20.2. The van der Waals surface area contributed by atoms with Gasteiger partial charge < -0.3 is 9.64 Å². The Morgan fingerprint density at radius 3 is 2.59 bits per heavy atom. The minimum atomic E-state index is -0.935. The van der Waals surface area contributed by atoms with Crippen molar-refractivity contribution in [3.8, 4) is 0 Å². The smallest absolute Gasteiger partial charge is 0.292 e. The van der Waals surface area contributed by atoms with Crippen molar-refractivity contribution in [1.82, 2.24) is 9.80 Å². The van der Waals surface area contributed by atoms with Gasteiger partial charge in [-0.1, -0.05) is 42.5 Å². The summed E-state index contributed by atoms with van der Waals surface area (Å²) in [6, 6.07) is 16.8. The number of hydrogen-bond acceptors (Lipinski definition) is 6. The Hall–Kier alpha value is -2.29. The lowest BCUT2D eigenvalue weighted by atomic mass is 10.1. The Bertz CT molecular complexity index is 937. The molecule has 6 nitrogen and oxygen atoms in total. The molecule has 0 saturated carbocycles. The maximum atomic E-state index is 12.8. The van der Waals surface area contributed by atoms with E-state index in [0.29, 0.717) is 29.7 Å². The molecular formula is C21H20N2O4S2. The lowest BCUT2D eigenvalue weighted by Gasteiger charge is -2.34. The van der Waals surface area contributed by atoms with Crippen LogP contribution in [0.1, 0.15) is 22.8 Å². The Labute approximate surface area is 177 Å². The Morgan fingerprint density at radius 2 is 1.79 bits per heavy atom. The molecule has 8 heteroatoms. The summed E-state index contributed by atoms with van der Waals surface area (Å²) >= 11 is 2.28. The quantitative estimate of drug-likeness (QED) is 0.697. The van der Waals surface area contributed by atoms with E-state index in [1.54, 1.807) is 16.7 Å². The standard InChI is InChI=1S/C21H20N2O4S2/c1-14(23-13-28-17-10-6-5-9-16(17)18(23)24)12-27-19-20(25)29-21(26)22(19)11-15-7-3-2-4-8-15/h2-10,14,19H,11-13H2,1H3. The highest BCUT2D eigenvalue weighted by Crippen LogP contribution is 2.32. The number of fused-ring (bicyclic) bond motifs is 1. The van der Waals surface area contributed by atoms with Crippen molar-refractivity contribution >= 4 is 39.8 Å². The zero-order chi connectivity index (χ0) is 20.4. The van der Waals surface area contributed by atoms with Crippen LogP contribution in [0, 0.1) is 0 Å². The van der Waals surface area contributed by atoms with E-state index in [1.807, 2.05) is 61.5 Å². The molecule has 2 heterocycles. The van der Waals surface area contributed by atoms with Gasteiger partial charge in [0.1, 0.15) is 0 Å². The topological polar surface area (TPSA) is 66.9 Å². The SMILES string of the molecule is CC(COC1C(=O)SC(=O)N1Cc1ccccc1)N1CSc2ccccc2C1=O. The Morgan fingerprint density at radius 1 is 1.07 bits per heavy atom. The van der Waals surface area contributed by atoms with E-state index >= 15 is 0 Å². The largest absolute Gasteiger partial charge is 0.348 e. The second-order valence-electron chi connectivity index (χ2n) is 6.88. The fraction of sp³-hybridized carbons (Fsp3) is 0.286. The molecule has 1 fully saturated rings. The molecule has 2 aromatic rings. The van der Waals surface area contributed by atoms with E-state index < -0.39 is 6.23 Å². The number of ether oxygens (including phenoxy) is 1. The third kappa shape index (κ3) is 4.19. The van der Waals surface area contributed by atoms with E-state index in [1.165, 1.54) is 4.90 Å². The number of rotatable bonds is 6. The van der Waals surface area contributed by atoms with Crippen LogP contribution in [0.15, 0.2) is 59.5 Å². The van der Waals surface area contributed by atoms with Gasteiger partial charge in [-0.05, 0) is 24.6 Å². The fourth-order valence-electron chi connectivity index (χ4n) is 3.27. The summed E-state index contributed by atoms with van der Waals surface area (Å²) in [5.41, 5.74) is 1.61. The van der Waals surface area contributed by atoms with Gasteiger partial charge in [-0.25, -0.2) is 0 Å².